The van der Waals surface area contributed by atoms with Crippen LogP contribution in [0.3, 0.4) is 0 Å². The highest BCUT2D eigenvalue weighted by Gasteiger charge is 2.14. The highest BCUT2D eigenvalue weighted by molar-refractivity contribution is 5.90. The number of H-pyrrole nitrogens is 1. The molecule has 1 amide bonds. The van der Waals surface area contributed by atoms with E-state index in [1.807, 2.05) is 37.3 Å². The Hall–Kier alpha value is -2.17. The van der Waals surface area contributed by atoms with Gasteiger partial charge in [0.1, 0.15) is 5.82 Å². The van der Waals surface area contributed by atoms with Crippen LogP contribution in [0.2, 0.25) is 0 Å². The summed E-state index contributed by atoms with van der Waals surface area (Å²) in [4.78, 5) is 15.8. The Bertz CT molecular complexity index is 506. The van der Waals surface area contributed by atoms with Crippen molar-refractivity contribution >= 4 is 5.91 Å². The van der Waals surface area contributed by atoms with Gasteiger partial charge in [-0.2, -0.15) is 0 Å². The van der Waals surface area contributed by atoms with Gasteiger partial charge in [0.15, 0.2) is 0 Å². The molecule has 2 aromatic rings. The zero-order valence-corrected chi connectivity index (χ0v) is 9.77. The van der Waals surface area contributed by atoms with Crippen molar-refractivity contribution in [3.63, 3.8) is 0 Å². The van der Waals surface area contributed by atoms with E-state index in [0.717, 1.165) is 5.56 Å². The van der Waals surface area contributed by atoms with Crippen LogP contribution < -0.4 is 5.32 Å². The number of carbonyl (C=O) groups excluding carboxylic acids is 1. The van der Waals surface area contributed by atoms with Crippen LogP contribution in [0.15, 0.2) is 30.3 Å². The lowest BCUT2D eigenvalue weighted by molar-refractivity contribution is 0.0929. The Morgan fingerprint density at radius 2 is 2.06 bits per heavy atom. The molecule has 1 aromatic heterocycles. The zero-order valence-electron chi connectivity index (χ0n) is 9.77. The van der Waals surface area contributed by atoms with E-state index in [1.54, 1.807) is 6.92 Å². The first-order valence-electron chi connectivity index (χ1n) is 5.41. The summed E-state index contributed by atoms with van der Waals surface area (Å²) >= 11 is 0. The highest BCUT2D eigenvalue weighted by atomic mass is 16.2. The average Bonchev–Trinajstić information content (AvgIpc) is 2.77. The van der Waals surface area contributed by atoms with Crippen LogP contribution in [-0.4, -0.2) is 21.1 Å². The van der Waals surface area contributed by atoms with E-state index in [0.29, 0.717) is 5.82 Å². The topological polar surface area (TPSA) is 70.7 Å². The van der Waals surface area contributed by atoms with Crippen molar-refractivity contribution in [2.45, 2.75) is 19.9 Å². The molecule has 0 saturated carbocycles. The largest absolute Gasteiger partial charge is 0.343 e. The van der Waals surface area contributed by atoms with E-state index in [-0.39, 0.29) is 17.8 Å². The van der Waals surface area contributed by atoms with Gasteiger partial charge in [-0.05, 0) is 19.4 Å². The Morgan fingerprint density at radius 1 is 1.35 bits per heavy atom. The Morgan fingerprint density at radius 3 is 2.65 bits per heavy atom. The predicted octanol–water partition coefficient (Wildman–Crippen LogP) is 1.60. The summed E-state index contributed by atoms with van der Waals surface area (Å²) in [7, 11) is 0. The van der Waals surface area contributed by atoms with Gasteiger partial charge in [0, 0.05) is 0 Å². The van der Waals surface area contributed by atoms with E-state index in [4.69, 9.17) is 0 Å². The van der Waals surface area contributed by atoms with E-state index < -0.39 is 0 Å². The van der Waals surface area contributed by atoms with Crippen LogP contribution in [0, 0.1) is 6.92 Å². The third kappa shape index (κ3) is 2.69. The third-order valence-corrected chi connectivity index (χ3v) is 2.45. The summed E-state index contributed by atoms with van der Waals surface area (Å²) < 4.78 is 0. The molecule has 0 aliphatic carbocycles. The molecule has 1 heterocycles. The lowest BCUT2D eigenvalue weighted by atomic mass is 10.1. The second kappa shape index (κ2) is 4.78. The molecule has 2 rings (SSSR count). The number of rotatable bonds is 3. The minimum Gasteiger partial charge on any atom is -0.343 e. The fraction of sp³-hybridized carbons (Fsp3) is 0.250. The second-order valence-electron chi connectivity index (χ2n) is 3.85. The molecule has 2 N–H and O–H groups in total. The SMILES string of the molecule is Cc1nc(C(=O)N[C@@H](C)c2ccccc2)n[nH]1. The molecule has 0 aliphatic heterocycles. The first-order valence-corrected chi connectivity index (χ1v) is 5.41. The van der Waals surface area contributed by atoms with Gasteiger partial charge >= 0.3 is 0 Å². The van der Waals surface area contributed by atoms with Gasteiger partial charge in [-0.3, -0.25) is 9.89 Å². The van der Waals surface area contributed by atoms with Crippen LogP contribution in [0.5, 0.6) is 0 Å². The summed E-state index contributed by atoms with van der Waals surface area (Å²) in [5.41, 5.74) is 1.05. The minimum absolute atomic E-state index is 0.0671. The average molecular weight is 230 g/mol. The summed E-state index contributed by atoms with van der Waals surface area (Å²) in [5.74, 6) is 0.526. The molecule has 0 saturated heterocycles. The summed E-state index contributed by atoms with van der Waals surface area (Å²) in [6.45, 7) is 3.68. The number of amides is 1. The predicted molar refractivity (Wildman–Crippen MR) is 63.4 cm³/mol. The van der Waals surface area contributed by atoms with Crippen LogP contribution in [-0.2, 0) is 0 Å². The summed E-state index contributed by atoms with van der Waals surface area (Å²) in [5, 5.41) is 9.30. The standard InChI is InChI=1S/C12H14N4O/c1-8(10-6-4-3-5-7-10)13-12(17)11-14-9(2)15-16-11/h3-8H,1-2H3,(H,13,17)(H,14,15,16)/t8-/m0/s1. The lowest BCUT2D eigenvalue weighted by Gasteiger charge is -2.12. The van der Waals surface area contributed by atoms with Crippen LogP contribution in [0.1, 0.15) is 35.0 Å². The number of hydrogen-bond acceptors (Lipinski definition) is 3. The molecule has 17 heavy (non-hydrogen) atoms. The molecular formula is C12H14N4O. The number of nitrogens with zero attached hydrogens (tertiary/aromatic N) is 2. The molecule has 0 spiro atoms. The van der Waals surface area contributed by atoms with E-state index in [9.17, 15) is 4.79 Å². The van der Waals surface area contributed by atoms with Gasteiger partial charge in [-0.1, -0.05) is 30.3 Å². The highest BCUT2D eigenvalue weighted by Crippen LogP contribution is 2.11. The fourth-order valence-electron chi connectivity index (χ4n) is 1.53. The first kappa shape index (κ1) is 11.3. The van der Waals surface area contributed by atoms with Gasteiger partial charge in [-0.25, -0.2) is 4.98 Å². The normalized spacial score (nSPS) is 12.1. The summed E-state index contributed by atoms with van der Waals surface area (Å²) in [6, 6.07) is 9.69. The van der Waals surface area contributed by atoms with Gasteiger partial charge in [0.2, 0.25) is 5.82 Å². The van der Waals surface area contributed by atoms with Gasteiger partial charge in [0.05, 0.1) is 6.04 Å². The maximum absolute atomic E-state index is 11.8. The van der Waals surface area contributed by atoms with Gasteiger partial charge < -0.3 is 5.32 Å². The Kier molecular flexibility index (Phi) is 3.18. The second-order valence-corrected chi connectivity index (χ2v) is 3.85. The maximum Gasteiger partial charge on any atom is 0.291 e. The van der Waals surface area contributed by atoms with Crippen molar-refractivity contribution in [2.24, 2.45) is 0 Å². The number of benzene rings is 1. The fourth-order valence-corrected chi connectivity index (χ4v) is 1.53. The van der Waals surface area contributed by atoms with Crippen LogP contribution in [0.25, 0.3) is 0 Å². The van der Waals surface area contributed by atoms with Crippen molar-refractivity contribution in [2.75, 3.05) is 0 Å². The molecule has 0 radical (unpaired) electrons. The molecule has 0 aliphatic rings. The van der Waals surface area contributed by atoms with Crippen molar-refractivity contribution in [1.82, 2.24) is 20.5 Å². The molecule has 0 fully saturated rings. The number of nitrogens with one attached hydrogen (secondary N) is 2. The molecule has 0 bridgehead atoms. The number of aryl methyl sites for hydroxylation is 1. The molecule has 0 unspecified atom stereocenters. The van der Waals surface area contributed by atoms with Crippen molar-refractivity contribution < 1.29 is 4.79 Å². The molecule has 88 valence electrons. The number of hydrogen-bond donors (Lipinski definition) is 2. The Balaban J connectivity index is 2.04. The number of carbonyl (C=O) groups is 1. The quantitative estimate of drug-likeness (QED) is 0.841. The smallest absolute Gasteiger partial charge is 0.291 e. The molecule has 5 nitrogen and oxygen atoms in total. The van der Waals surface area contributed by atoms with E-state index >= 15 is 0 Å². The first-order chi connectivity index (χ1) is 8.16. The van der Waals surface area contributed by atoms with Crippen molar-refractivity contribution in [1.29, 1.82) is 0 Å². The van der Waals surface area contributed by atoms with Crippen LogP contribution in [0.4, 0.5) is 0 Å². The van der Waals surface area contributed by atoms with Crippen molar-refractivity contribution in [3.05, 3.63) is 47.5 Å². The Labute approximate surface area is 99.3 Å². The van der Waals surface area contributed by atoms with Gasteiger partial charge in [-0.15, -0.1) is 5.10 Å². The lowest BCUT2D eigenvalue weighted by Crippen LogP contribution is -2.27. The molecule has 1 aromatic carbocycles. The molecule has 1 atom stereocenters. The number of aromatic nitrogens is 3. The van der Waals surface area contributed by atoms with Crippen LogP contribution >= 0.6 is 0 Å². The monoisotopic (exact) mass is 230 g/mol. The van der Waals surface area contributed by atoms with E-state index in [2.05, 4.69) is 20.5 Å². The number of aromatic amines is 1. The maximum atomic E-state index is 11.8. The van der Waals surface area contributed by atoms with Gasteiger partial charge in [0.25, 0.3) is 5.91 Å². The minimum atomic E-state index is -0.272. The third-order valence-electron chi connectivity index (χ3n) is 2.45. The molecule has 5 heteroatoms. The van der Waals surface area contributed by atoms with E-state index in [1.165, 1.54) is 0 Å². The summed E-state index contributed by atoms with van der Waals surface area (Å²) in [6.07, 6.45) is 0. The zero-order chi connectivity index (χ0) is 12.3. The molecular weight excluding hydrogens is 216 g/mol. The van der Waals surface area contributed by atoms with Crippen molar-refractivity contribution in [3.8, 4) is 0 Å².